The Morgan fingerprint density at radius 3 is 2.67 bits per heavy atom. The third-order valence-corrected chi connectivity index (χ3v) is 4.47. The molecule has 1 atom stereocenters. The summed E-state index contributed by atoms with van der Waals surface area (Å²) < 4.78 is 25.5. The number of fused-ring (bicyclic) bond motifs is 1. The summed E-state index contributed by atoms with van der Waals surface area (Å²) in [6, 6.07) is 1.88. The van der Waals surface area contributed by atoms with E-state index in [2.05, 4.69) is 0 Å². The van der Waals surface area contributed by atoms with E-state index >= 15 is 0 Å². The largest absolute Gasteiger partial charge is 0.316 e. The van der Waals surface area contributed by atoms with Crippen LogP contribution in [0.4, 0.5) is 8.78 Å². The first-order chi connectivity index (χ1) is 7.01. The van der Waals surface area contributed by atoms with E-state index < -0.39 is 12.0 Å². The number of thiophene rings is 1. The maximum atomic E-state index is 12.7. The van der Waals surface area contributed by atoms with Crippen LogP contribution < -0.4 is 5.73 Å². The molecule has 84 valence electrons. The number of aryl methyl sites for hydroxylation is 2. The molecule has 4 heteroatoms. The highest BCUT2D eigenvalue weighted by Gasteiger charge is 2.34. The predicted molar refractivity (Wildman–Crippen MR) is 58.5 cm³/mol. The molecule has 15 heavy (non-hydrogen) atoms. The molecule has 0 saturated heterocycles. The molecule has 1 aromatic rings. The minimum absolute atomic E-state index is 0.629. The zero-order valence-electron chi connectivity index (χ0n) is 8.72. The Labute approximate surface area is 92.3 Å². The summed E-state index contributed by atoms with van der Waals surface area (Å²) >= 11 is 1.47. The highest BCUT2D eigenvalue weighted by Crippen LogP contribution is 2.36. The minimum Gasteiger partial charge on any atom is -0.316 e. The number of hydrogen-bond donors (Lipinski definition) is 1. The van der Waals surface area contributed by atoms with Gasteiger partial charge in [-0.2, -0.15) is 0 Å². The fraction of sp³-hybridized carbons (Fsp3) is 0.636. The van der Waals surface area contributed by atoms with Crippen LogP contribution in [0, 0.1) is 0 Å². The number of alkyl halides is 2. The molecular formula is C11H15F2NS. The Hall–Kier alpha value is -0.480. The molecule has 0 aliphatic heterocycles. The van der Waals surface area contributed by atoms with Gasteiger partial charge in [-0.25, -0.2) is 8.78 Å². The maximum absolute atomic E-state index is 12.7. The second-order valence-electron chi connectivity index (χ2n) is 4.35. The van der Waals surface area contributed by atoms with Crippen molar-refractivity contribution in [2.24, 2.45) is 5.73 Å². The van der Waals surface area contributed by atoms with E-state index in [0.717, 1.165) is 12.8 Å². The molecule has 1 nitrogen and oxygen atoms in total. The van der Waals surface area contributed by atoms with Crippen LogP contribution in [0.15, 0.2) is 6.07 Å². The Bertz CT molecular complexity index is 334. The molecule has 1 unspecified atom stereocenters. The van der Waals surface area contributed by atoms with Gasteiger partial charge in [0.15, 0.2) is 0 Å². The van der Waals surface area contributed by atoms with E-state index in [1.54, 1.807) is 0 Å². The standard InChI is InChI=1S/C11H15F2NS/c1-11(14,10(12)13)9-6-7-4-2-3-5-8(7)15-9/h6,10H,2-5,14H2,1H3. The van der Waals surface area contributed by atoms with E-state index in [-0.39, 0.29) is 0 Å². The monoisotopic (exact) mass is 231 g/mol. The number of hydrogen-bond acceptors (Lipinski definition) is 2. The third kappa shape index (κ3) is 1.93. The molecule has 0 aromatic carbocycles. The Kier molecular flexibility index (Phi) is 2.81. The van der Waals surface area contributed by atoms with Gasteiger partial charge in [0.2, 0.25) is 0 Å². The second-order valence-corrected chi connectivity index (χ2v) is 5.49. The Morgan fingerprint density at radius 2 is 2.07 bits per heavy atom. The summed E-state index contributed by atoms with van der Waals surface area (Å²) in [5, 5.41) is 0. The predicted octanol–water partition coefficient (Wildman–Crippen LogP) is 3.07. The van der Waals surface area contributed by atoms with Crippen molar-refractivity contribution in [2.45, 2.75) is 44.6 Å². The van der Waals surface area contributed by atoms with E-state index in [0.29, 0.717) is 4.88 Å². The summed E-state index contributed by atoms with van der Waals surface area (Å²) in [6.07, 6.45) is 1.88. The lowest BCUT2D eigenvalue weighted by Gasteiger charge is -2.21. The van der Waals surface area contributed by atoms with Crippen molar-refractivity contribution < 1.29 is 8.78 Å². The molecular weight excluding hydrogens is 216 g/mol. The van der Waals surface area contributed by atoms with Crippen LogP contribution in [0.5, 0.6) is 0 Å². The fourth-order valence-corrected chi connectivity index (χ4v) is 3.18. The molecule has 0 bridgehead atoms. The lowest BCUT2D eigenvalue weighted by atomic mass is 9.96. The van der Waals surface area contributed by atoms with Gasteiger partial charge in [0.05, 0.1) is 0 Å². The quantitative estimate of drug-likeness (QED) is 0.831. The van der Waals surface area contributed by atoms with Gasteiger partial charge < -0.3 is 5.73 Å². The molecule has 1 heterocycles. The summed E-state index contributed by atoms with van der Waals surface area (Å²) in [6.45, 7) is 1.41. The van der Waals surface area contributed by atoms with Crippen LogP contribution in [0.25, 0.3) is 0 Å². The highest BCUT2D eigenvalue weighted by molar-refractivity contribution is 7.12. The Balaban J connectivity index is 2.33. The summed E-state index contributed by atoms with van der Waals surface area (Å²) in [7, 11) is 0. The SMILES string of the molecule is CC(N)(c1cc2c(s1)CCCC2)C(F)F. The van der Waals surface area contributed by atoms with Crippen LogP contribution >= 0.6 is 11.3 Å². The van der Waals surface area contributed by atoms with Crippen molar-refractivity contribution in [1.82, 2.24) is 0 Å². The average Bonchev–Trinajstić information content (AvgIpc) is 2.61. The molecule has 0 fully saturated rings. The molecule has 1 aliphatic rings. The first-order valence-electron chi connectivity index (χ1n) is 5.21. The van der Waals surface area contributed by atoms with E-state index in [9.17, 15) is 8.78 Å². The van der Waals surface area contributed by atoms with Crippen molar-refractivity contribution in [2.75, 3.05) is 0 Å². The van der Waals surface area contributed by atoms with Crippen LogP contribution in [0.1, 0.15) is 35.1 Å². The minimum atomic E-state index is -2.50. The smallest absolute Gasteiger partial charge is 0.260 e. The number of rotatable bonds is 2. The molecule has 0 radical (unpaired) electrons. The van der Waals surface area contributed by atoms with Gasteiger partial charge in [0.1, 0.15) is 5.54 Å². The van der Waals surface area contributed by atoms with Gasteiger partial charge >= 0.3 is 0 Å². The molecule has 0 spiro atoms. The second kappa shape index (κ2) is 3.83. The normalized spacial score (nSPS) is 20.1. The fourth-order valence-electron chi connectivity index (χ4n) is 1.86. The van der Waals surface area contributed by atoms with Gasteiger partial charge in [0, 0.05) is 9.75 Å². The first-order valence-corrected chi connectivity index (χ1v) is 6.02. The lowest BCUT2D eigenvalue weighted by molar-refractivity contribution is 0.0644. The van der Waals surface area contributed by atoms with Gasteiger partial charge in [0.25, 0.3) is 6.43 Å². The maximum Gasteiger partial charge on any atom is 0.260 e. The first kappa shape index (κ1) is 11.0. The zero-order valence-corrected chi connectivity index (χ0v) is 9.54. The van der Waals surface area contributed by atoms with E-state index in [4.69, 9.17) is 5.73 Å². The lowest BCUT2D eigenvalue weighted by Crippen LogP contribution is -2.39. The topological polar surface area (TPSA) is 26.0 Å². The summed E-state index contributed by atoms with van der Waals surface area (Å²) in [5.41, 5.74) is 5.40. The van der Waals surface area contributed by atoms with E-state index in [1.807, 2.05) is 6.07 Å². The molecule has 1 aromatic heterocycles. The highest BCUT2D eigenvalue weighted by atomic mass is 32.1. The van der Waals surface area contributed by atoms with Crippen molar-refractivity contribution in [3.63, 3.8) is 0 Å². The third-order valence-electron chi connectivity index (χ3n) is 2.98. The van der Waals surface area contributed by atoms with Crippen LogP contribution in [-0.4, -0.2) is 6.43 Å². The summed E-state index contributed by atoms with van der Waals surface area (Å²) in [4.78, 5) is 1.89. The van der Waals surface area contributed by atoms with Crippen molar-refractivity contribution in [3.05, 3.63) is 21.4 Å². The van der Waals surface area contributed by atoms with Crippen LogP contribution in [0.3, 0.4) is 0 Å². The van der Waals surface area contributed by atoms with Crippen molar-refractivity contribution >= 4 is 11.3 Å². The molecule has 2 N–H and O–H groups in total. The Morgan fingerprint density at radius 1 is 1.40 bits per heavy atom. The molecule has 0 saturated carbocycles. The van der Waals surface area contributed by atoms with Crippen molar-refractivity contribution in [3.8, 4) is 0 Å². The molecule has 0 amide bonds. The van der Waals surface area contributed by atoms with Gasteiger partial charge in [-0.3, -0.25) is 0 Å². The van der Waals surface area contributed by atoms with Gasteiger partial charge in [-0.1, -0.05) is 0 Å². The molecule has 2 rings (SSSR count). The van der Waals surface area contributed by atoms with Crippen molar-refractivity contribution in [1.29, 1.82) is 0 Å². The van der Waals surface area contributed by atoms with E-state index in [1.165, 1.54) is 41.5 Å². The zero-order chi connectivity index (χ0) is 11.1. The molecule has 1 aliphatic carbocycles. The van der Waals surface area contributed by atoms with Gasteiger partial charge in [-0.15, -0.1) is 11.3 Å². The average molecular weight is 231 g/mol. The van der Waals surface area contributed by atoms with Crippen LogP contribution in [-0.2, 0) is 18.4 Å². The summed E-state index contributed by atoms with van der Waals surface area (Å²) in [5.74, 6) is 0. The number of halogens is 2. The van der Waals surface area contributed by atoms with Crippen LogP contribution in [0.2, 0.25) is 0 Å². The van der Waals surface area contributed by atoms with Gasteiger partial charge in [-0.05, 0) is 44.2 Å². The number of nitrogens with two attached hydrogens (primary N) is 1.